The fourth-order valence-electron chi connectivity index (χ4n) is 3.01. The van der Waals surface area contributed by atoms with E-state index in [0.29, 0.717) is 6.54 Å². The van der Waals surface area contributed by atoms with E-state index in [4.69, 9.17) is 12.5 Å². The monoisotopic (exact) mass is 441 g/mol. The largest absolute Gasteiger partial charge is 0.458 e. The number of halogens is 1. The lowest BCUT2D eigenvalue weighted by molar-refractivity contribution is -0.162. The molecule has 6 nitrogen and oxygen atoms in total. The molecule has 23 heavy (non-hydrogen) atoms. The predicted molar refractivity (Wildman–Crippen MR) is 95.3 cm³/mol. The van der Waals surface area contributed by atoms with E-state index in [2.05, 4.69) is 20.8 Å². The van der Waals surface area contributed by atoms with Crippen LogP contribution in [0.1, 0.15) is 54.4 Å². The molecule has 1 heterocycles. The summed E-state index contributed by atoms with van der Waals surface area (Å²) >= 11 is 1.60. The molecule has 0 saturated carbocycles. The number of hydrogen-bond donors (Lipinski definition) is 0. The average molecular weight is 441 g/mol. The van der Waals surface area contributed by atoms with Crippen LogP contribution >= 0.6 is 23.0 Å². The third-order valence-electron chi connectivity index (χ3n) is 4.15. The SMILES string of the molecule is CC(C)(C)OC(=O)COCC1(C(C)(C)C)CCCN1C(=O)OI. The molecule has 1 aliphatic heterocycles. The summed E-state index contributed by atoms with van der Waals surface area (Å²) < 4.78 is 15.8. The molecule has 7 heteroatoms. The first-order valence-electron chi connectivity index (χ1n) is 7.83. The van der Waals surface area contributed by atoms with Crippen LogP contribution in [-0.2, 0) is 17.3 Å². The lowest BCUT2D eigenvalue weighted by Crippen LogP contribution is -2.58. The van der Waals surface area contributed by atoms with Gasteiger partial charge >= 0.3 is 12.1 Å². The van der Waals surface area contributed by atoms with E-state index in [1.54, 1.807) is 27.9 Å². The molecular formula is C16H28INO5. The first kappa shape index (κ1) is 20.5. The topological polar surface area (TPSA) is 65.1 Å². The van der Waals surface area contributed by atoms with Crippen molar-refractivity contribution < 1.29 is 22.1 Å². The summed E-state index contributed by atoms with van der Waals surface area (Å²) in [5.74, 6) is -0.400. The average Bonchev–Trinajstić information content (AvgIpc) is 2.80. The molecule has 0 bridgehead atoms. The van der Waals surface area contributed by atoms with Gasteiger partial charge in [-0.1, -0.05) is 20.8 Å². The Labute approximate surface area is 152 Å². The summed E-state index contributed by atoms with van der Waals surface area (Å²) in [6.45, 7) is 12.5. The van der Waals surface area contributed by atoms with Crippen molar-refractivity contribution in [2.45, 2.75) is 65.5 Å². The number of ether oxygens (including phenoxy) is 2. The van der Waals surface area contributed by atoms with Crippen LogP contribution < -0.4 is 0 Å². The predicted octanol–water partition coefficient (Wildman–Crippen LogP) is 3.71. The van der Waals surface area contributed by atoms with Crippen LogP contribution in [0.2, 0.25) is 0 Å². The number of hydrogen-bond acceptors (Lipinski definition) is 5. The highest BCUT2D eigenvalue weighted by atomic mass is 127. The van der Waals surface area contributed by atoms with E-state index in [9.17, 15) is 9.59 Å². The summed E-state index contributed by atoms with van der Waals surface area (Å²) in [6, 6.07) is 0. The summed E-state index contributed by atoms with van der Waals surface area (Å²) in [6.07, 6.45) is 1.34. The van der Waals surface area contributed by atoms with Crippen LogP contribution in [0.15, 0.2) is 0 Å². The van der Waals surface area contributed by atoms with Gasteiger partial charge in [0.15, 0.2) is 23.0 Å². The van der Waals surface area contributed by atoms with Crippen molar-refractivity contribution in [1.29, 1.82) is 0 Å². The van der Waals surface area contributed by atoms with Crippen LogP contribution in [0, 0.1) is 5.41 Å². The van der Waals surface area contributed by atoms with Gasteiger partial charge < -0.3 is 12.5 Å². The number of carbonyl (C=O) groups excluding carboxylic acids is 2. The highest BCUT2D eigenvalue weighted by Crippen LogP contribution is 2.44. The van der Waals surface area contributed by atoms with E-state index < -0.39 is 17.1 Å². The molecule has 1 rings (SSSR count). The van der Waals surface area contributed by atoms with Gasteiger partial charge in [-0.2, -0.15) is 0 Å². The molecule has 0 spiro atoms. The number of esters is 1. The Morgan fingerprint density at radius 1 is 1.17 bits per heavy atom. The maximum Gasteiger partial charge on any atom is 0.419 e. The Morgan fingerprint density at radius 2 is 1.78 bits per heavy atom. The van der Waals surface area contributed by atoms with Crippen LogP contribution in [-0.4, -0.2) is 47.9 Å². The minimum atomic E-state index is -0.535. The second-order valence-corrected chi connectivity index (χ2v) is 8.40. The third-order valence-corrected chi connectivity index (χ3v) is 4.53. The van der Waals surface area contributed by atoms with E-state index >= 15 is 0 Å². The Hall–Kier alpha value is -0.570. The maximum absolute atomic E-state index is 12.1. The second-order valence-electron chi connectivity index (χ2n) is 7.96. The highest BCUT2D eigenvalue weighted by molar-refractivity contribution is 14.1. The lowest BCUT2D eigenvalue weighted by atomic mass is 9.72. The maximum atomic E-state index is 12.1. The Morgan fingerprint density at radius 3 is 2.26 bits per heavy atom. The van der Waals surface area contributed by atoms with Crippen LogP contribution in [0.4, 0.5) is 4.79 Å². The number of nitrogens with zero attached hydrogens (tertiary/aromatic N) is 1. The minimum Gasteiger partial charge on any atom is -0.458 e. The van der Waals surface area contributed by atoms with E-state index in [0.717, 1.165) is 12.8 Å². The van der Waals surface area contributed by atoms with Crippen molar-refractivity contribution >= 4 is 35.1 Å². The molecule has 1 saturated heterocycles. The quantitative estimate of drug-likeness (QED) is 0.492. The molecule has 0 N–H and O–H groups in total. The standard InChI is InChI=1S/C16H28INO5/c1-14(2,3)16(8-7-9-18(16)13(20)23-17)11-21-10-12(19)22-15(4,5)6/h7-11H2,1-6H3. The van der Waals surface area contributed by atoms with E-state index in [1.165, 1.54) is 0 Å². The highest BCUT2D eigenvalue weighted by Gasteiger charge is 2.52. The minimum absolute atomic E-state index is 0.123. The lowest BCUT2D eigenvalue weighted by Gasteiger charge is -2.47. The molecule has 0 aromatic heterocycles. The van der Waals surface area contributed by atoms with Crippen molar-refractivity contribution in [3.63, 3.8) is 0 Å². The van der Waals surface area contributed by atoms with Gasteiger partial charge in [-0.3, -0.25) is 4.90 Å². The second kappa shape index (κ2) is 7.55. The molecule has 134 valence electrons. The number of amides is 1. The molecule has 1 amide bonds. The van der Waals surface area contributed by atoms with Crippen molar-refractivity contribution in [1.82, 2.24) is 4.90 Å². The molecule has 1 fully saturated rings. The van der Waals surface area contributed by atoms with Gasteiger partial charge in [-0.15, -0.1) is 0 Å². The van der Waals surface area contributed by atoms with Crippen molar-refractivity contribution in [3.8, 4) is 0 Å². The van der Waals surface area contributed by atoms with E-state index in [-0.39, 0.29) is 24.7 Å². The van der Waals surface area contributed by atoms with E-state index in [1.807, 2.05) is 20.8 Å². The number of rotatable bonds is 4. The molecule has 0 aliphatic carbocycles. The molecule has 0 aromatic carbocycles. The summed E-state index contributed by atoms with van der Waals surface area (Å²) in [4.78, 5) is 25.6. The van der Waals surface area contributed by atoms with Gasteiger partial charge in [0.1, 0.15) is 12.2 Å². The van der Waals surface area contributed by atoms with Crippen LogP contribution in [0.25, 0.3) is 0 Å². The first-order valence-corrected chi connectivity index (χ1v) is 8.71. The molecule has 1 unspecified atom stereocenters. The van der Waals surface area contributed by atoms with Gasteiger partial charge in [-0.25, -0.2) is 9.59 Å². The zero-order valence-electron chi connectivity index (χ0n) is 14.9. The van der Waals surface area contributed by atoms with Gasteiger partial charge in [0.25, 0.3) is 0 Å². The zero-order valence-corrected chi connectivity index (χ0v) is 17.1. The molecule has 0 radical (unpaired) electrons. The van der Waals surface area contributed by atoms with Gasteiger partial charge in [0, 0.05) is 6.54 Å². The fourth-order valence-corrected chi connectivity index (χ4v) is 3.24. The molecule has 1 atom stereocenters. The zero-order chi connectivity index (χ0) is 17.9. The summed E-state index contributed by atoms with van der Waals surface area (Å²) in [5.41, 5.74) is -1.23. The molecule has 1 aliphatic rings. The smallest absolute Gasteiger partial charge is 0.419 e. The summed E-state index contributed by atoms with van der Waals surface area (Å²) in [7, 11) is 0. The third kappa shape index (κ3) is 5.20. The Bertz CT molecular complexity index is 441. The fraction of sp³-hybridized carbons (Fsp3) is 0.875. The van der Waals surface area contributed by atoms with Crippen LogP contribution in [0.3, 0.4) is 0 Å². The van der Waals surface area contributed by atoms with Crippen molar-refractivity contribution in [2.24, 2.45) is 5.41 Å². The number of carbonyl (C=O) groups is 2. The van der Waals surface area contributed by atoms with Crippen molar-refractivity contribution in [3.05, 3.63) is 0 Å². The Kier molecular flexibility index (Phi) is 6.72. The number of likely N-dealkylation sites (tertiary alicyclic amines) is 1. The van der Waals surface area contributed by atoms with Gasteiger partial charge in [0.2, 0.25) is 0 Å². The van der Waals surface area contributed by atoms with Crippen LogP contribution in [0.5, 0.6) is 0 Å². The first-order chi connectivity index (χ1) is 10.4. The molecular weight excluding hydrogens is 413 g/mol. The van der Waals surface area contributed by atoms with Gasteiger partial charge in [0.05, 0.1) is 12.1 Å². The molecule has 0 aromatic rings. The van der Waals surface area contributed by atoms with Crippen molar-refractivity contribution in [2.75, 3.05) is 19.8 Å². The Balaban J connectivity index is 2.77. The summed E-state index contributed by atoms with van der Waals surface area (Å²) in [5, 5.41) is 0. The van der Waals surface area contributed by atoms with Gasteiger partial charge in [-0.05, 0) is 39.0 Å². The normalized spacial score (nSPS) is 22.1.